The van der Waals surface area contributed by atoms with Crippen molar-refractivity contribution in [3.8, 4) is 0 Å². The van der Waals surface area contributed by atoms with E-state index < -0.39 is 6.10 Å². The Kier molecular flexibility index (Phi) is 2.66. The number of aliphatic hydroxyl groups excluding tert-OH is 1. The van der Waals surface area contributed by atoms with Crippen LogP contribution >= 0.6 is 0 Å². The number of fused-ring (bicyclic) bond motifs is 1. The zero-order valence-corrected chi connectivity index (χ0v) is 8.59. The molecule has 3 heteroatoms. The van der Waals surface area contributed by atoms with Gasteiger partial charge in [0, 0.05) is 11.6 Å². The minimum Gasteiger partial charge on any atom is -0.391 e. The maximum atomic E-state index is 9.48. The van der Waals surface area contributed by atoms with Crippen LogP contribution in [-0.2, 0) is 0 Å². The van der Waals surface area contributed by atoms with Crippen LogP contribution in [0.3, 0.4) is 0 Å². The number of nitrogens with two attached hydrogens (primary N) is 1. The van der Waals surface area contributed by atoms with Gasteiger partial charge in [-0.2, -0.15) is 0 Å². The summed E-state index contributed by atoms with van der Waals surface area (Å²) in [6.07, 6.45) is 1.17. The third-order valence-electron chi connectivity index (χ3n) is 2.54. The molecule has 0 aliphatic heterocycles. The first-order valence-corrected chi connectivity index (χ1v) is 4.97. The predicted octanol–water partition coefficient (Wildman–Crippen LogP) is 1.62. The van der Waals surface area contributed by atoms with E-state index in [9.17, 15) is 5.11 Å². The van der Waals surface area contributed by atoms with Gasteiger partial charge < -0.3 is 10.8 Å². The van der Waals surface area contributed by atoms with Gasteiger partial charge in [0.05, 0.1) is 17.7 Å². The maximum absolute atomic E-state index is 9.48. The molecule has 0 aliphatic rings. The van der Waals surface area contributed by atoms with Crippen molar-refractivity contribution < 1.29 is 5.11 Å². The Morgan fingerprint density at radius 1 is 1.27 bits per heavy atom. The number of benzene rings is 1. The van der Waals surface area contributed by atoms with E-state index in [1.54, 1.807) is 13.1 Å². The third kappa shape index (κ3) is 1.84. The van der Waals surface area contributed by atoms with E-state index in [1.165, 1.54) is 0 Å². The minimum atomic E-state index is -0.572. The number of nitrogens with zero attached hydrogens (tertiary/aromatic N) is 1. The molecule has 1 heterocycles. The molecule has 15 heavy (non-hydrogen) atoms. The van der Waals surface area contributed by atoms with Crippen LogP contribution in [0.25, 0.3) is 10.9 Å². The van der Waals surface area contributed by atoms with Crippen LogP contribution < -0.4 is 5.73 Å². The quantitative estimate of drug-likeness (QED) is 0.778. The molecule has 0 saturated carbocycles. The van der Waals surface area contributed by atoms with Crippen molar-refractivity contribution in [3.05, 3.63) is 42.1 Å². The van der Waals surface area contributed by atoms with Gasteiger partial charge in [0.1, 0.15) is 0 Å². The molecule has 78 valence electrons. The van der Waals surface area contributed by atoms with Crippen molar-refractivity contribution in [2.24, 2.45) is 5.73 Å². The van der Waals surface area contributed by atoms with Gasteiger partial charge in [-0.05, 0) is 18.6 Å². The smallest absolute Gasteiger partial charge is 0.0750 e. The van der Waals surface area contributed by atoms with Gasteiger partial charge in [-0.25, -0.2) is 0 Å². The highest BCUT2D eigenvalue weighted by molar-refractivity contribution is 5.82. The number of pyridine rings is 1. The lowest BCUT2D eigenvalue weighted by Crippen LogP contribution is -2.23. The van der Waals surface area contributed by atoms with Crippen molar-refractivity contribution in [2.75, 3.05) is 0 Å². The standard InChI is InChI=1S/C12H14N2O/c1-8(15)11(13)10-6-2-4-9-5-3-7-14-12(9)10/h2-8,11,15H,13H2,1H3/t8?,11-/m0/s1. The summed E-state index contributed by atoms with van der Waals surface area (Å²) < 4.78 is 0. The van der Waals surface area contributed by atoms with Crippen LogP contribution in [-0.4, -0.2) is 16.2 Å². The van der Waals surface area contributed by atoms with Crippen molar-refractivity contribution >= 4 is 10.9 Å². The molecule has 0 saturated heterocycles. The van der Waals surface area contributed by atoms with E-state index in [1.807, 2.05) is 30.3 Å². The summed E-state index contributed by atoms with van der Waals surface area (Å²) in [5, 5.41) is 10.5. The highest BCUT2D eigenvalue weighted by Gasteiger charge is 2.14. The zero-order valence-electron chi connectivity index (χ0n) is 8.59. The number of para-hydroxylation sites is 1. The SMILES string of the molecule is CC(O)[C@H](N)c1cccc2cccnc12. The van der Waals surface area contributed by atoms with Crippen LogP contribution in [0.5, 0.6) is 0 Å². The number of aromatic nitrogens is 1. The maximum Gasteiger partial charge on any atom is 0.0750 e. The second-order valence-electron chi connectivity index (χ2n) is 3.69. The lowest BCUT2D eigenvalue weighted by atomic mass is 10.00. The lowest BCUT2D eigenvalue weighted by molar-refractivity contribution is 0.165. The van der Waals surface area contributed by atoms with Crippen molar-refractivity contribution in [2.45, 2.75) is 19.1 Å². The number of hydrogen-bond donors (Lipinski definition) is 2. The highest BCUT2D eigenvalue weighted by Crippen LogP contribution is 2.22. The molecule has 3 nitrogen and oxygen atoms in total. The lowest BCUT2D eigenvalue weighted by Gasteiger charge is -2.16. The summed E-state index contributed by atoms with van der Waals surface area (Å²) in [5.41, 5.74) is 7.67. The topological polar surface area (TPSA) is 59.1 Å². The van der Waals surface area contributed by atoms with Crippen molar-refractivity contribution in [1.82, 2.24) is 4.98 Å². The Balaban J connectivity index is 2.60. The molecule has 0 bridgehead atoms. The first kappa shape index (κ1) is 10.1. The summed E-state index contributed by atoms with van der Waals surface area (Å²) in [6, 6.07) is 9.32. The molecule has 0 aliphatic carbocycles. The van der Waals surface area contributed by atoms with Gasteiger partial charge >= 0.3 is 0 Å². The zero-order chi connectivity index (χ0) is 10.8. The molecule has 1 unspecified atom stereocenters. The fourth-order valence-electron chi connectivity index (χ4n) is 1.66. The first-order valence-electron chi connectivity index (χ1n) is 4.97. The molecule has 2 rings (SSSR count). The largest absolute Gasteiger partial charge is 0.391 e. The predicted molar refractivity (Wildman–Crippen MR) is 60.4 cm³/mol. The van der Waals surface area contributed by atoms with Crippen LogP contribution in [0.1, 0.15) is 18.5 Å². The van der Waals surface area contributed by atoms with Crippen LogP contribution in [0, 0.1) is 0 Å². The monoisotopic (exact) mass is 202 g/mol. The fourth-order valence-corrected chi connectivity index (χ4v) is 1.66. The molecule has 0 radical (unpaired) electrons. The van der Waals surface area contributed by atoms with E-state index in [0.717, 1.165) is 16.5 Å². The van der Waals surface area contributed by atoms with Gasteiger partial charge in [-0.15, -0.1) is 0 Å². The van der Waals surface area contributed by atoms with E-state index in [-0.39, 0.29) is 6.04 Å². The van der Waals surface area contributed by atoms with Crippen LogP contribution in [0.15, 0.2) is 36.5 Å². The van der Waals surface area contributed by atoms with Gasteiger partial charge in [0.2, 0.25) is 0 Å². The number of hydrogen-bond acceptors (Lipinski definition) is 3. The Morgan fingerprint density at radius 2 is 2.00 bits per heavy atom. The summed E-state index contributed by atoms with van der Waals surface area (Å²) in [7, 11) is 0. The van der Waals surface area contributed by atoms with Gasteiger partial charge in [-0.3, -0.25) is 4.98 Å². The van der Waals surface area contributed by atoms with Gasteiger partial charge in [0.15, 0.2) is 0 Å². The Labute approximate surface area is 88.6 Å². The van der Waals surface area contributed by atoms with E-state index in [4.69, 9.17) is 5.73 Å². The molecule has 2 aromatic rings. The summed E-state index contributed by atoms with van der Waals surface area (Å²) >= 11 is 0. The Morgan fingerprint density at radius 3 is 2.73 bits per heavy atom. The third-order valence-corrected chi connectivity index (χ3v) is 2.54. The van der Waals surface area contributed by atoms with E-state index >= 15 is 0 Å². The fraction of sp³-hybridized carbons (Fsp3) is 0.250. The summed E-state index contributed by atoms with van der Waals surface area (Å²) in [4.78, 5) is 4.29. The molecule has 0 fully saturated rings. The first-order chi connectivity index (χ1) is 7.20. The van der Waals surface area contributed by atoms with E-state index in [2.05, 4.69) is 4.98 Å². The molecule has 3 N–H and O–H groups in total. The van der Waals surface area contributed by atoms with Crippen molar-refractivity contribution in [1.29, 1.82) is 0 Å². The number of rotatable bonds is 2. The molecule has 0 spiro atoms. The average molecular weight is 202 g/mol. The van der Waals surface area contributed by atoms with Crippen LogP contribution in [0.4, 0.5) is 0 Å². The highest BCUT2D eigenvalue weighted by atomic mass is 16.3. The molecular formula is C12H14N2O. The van der Waals surface area contributed by atoms with Crippen molar-refractivity contribution in [3.63, 3.8) is 0 Å². The van der Waals surface area contributed by atoms with Gasteiger partial charge in [-0.1, -0.05) is 24.3 Å². The number of aliphatic hydroxyl groups is 1. The molecule has 1 aromatic heterocycles. The molecule has 0 amide bonds. The van der Waals surface area contributed by atoms with Gasteiger partial charge in [0.25, 0.3) is 0 Å². The summed E-state index contributed by atoms with van der Waals surface area (Å²) in [6.45, 7) is 1.69. The minimum absolute atomic E-state index is 0.386. The van der Waals surface area contributed by atoms with Crippen LogP contribution in [0.2, 0.25) is 0 Å². The summed E-state index contributed by atoms with van der Waals surface area (Å²) in [5.74, 6) is 0. The Hall–Kier alpha value is -1.45. The Bertz CT molecular complexity index is 463. The second-order valence-corrected chi connectivity index (χ2v) is 3.69. The molecule has 2 atom stereocenters. The molecule has 1 aromatic carbocycles. The van der Waals surface area contributed by atoms with E-state index in [0.29, 0.717) is 0 Å². The average Bonchev–Trinajstić information content (AvgIpc) is 2.27. The normalized spacial score (nSPS) is 15.1. The molecular weight excluding hydrogens is 188 g/mol. The second kappa shape index (κ2) is 3.96.